The van der Waals surface area contributed by atoms with Gasteiger partial charge in [0, 0.05) is 7.11 Å². The van der Waals surface area contributed by atoms with Crippen LogP contribution in [0.25, 0.3) is 0 Å². The SMILES string of the molecule is COCC(=O)NS. The molecule has 7 heavy (non-hydrogen) atoms. The molecule has 0 radical (unpaired) electrons. The fourth-order valence-corrected chi connectivity index (χ4v) is 0.228. The molecule has 1 N–H and O–H groups in total. The van der Waals surface area contributed by atoms with Crippen molar-refractivity contribution in [1.82, 2.24) is 4.72 Å². The Kier molecular flexibility index (Phi) is 3.83. The van der Waals surface area contributed by atoms with E-state index in [2.05, 4.69) is 22.3 Å². The number of carbonyl (C=O) groups excluding carboxylic acids is 1. The van der Waals surface area contributed by atoms with Crippen LogP contribution >= 0.6 is 12.8 Å². The number of thiol groups is 1. The molecule has 0 aromatic carbocycles. The second kappa shape index (κ2) is 3.95. The highest BCUT2D eigenvalue weighted by molar-refractivity contribution is 7.78. The Hall–Kier alpha value is -0.220. The Morgan fingerprint density at radius 3 is 2.71 bits per heavy atom. The molecule has 0 aliphatic rings. The summed E-state index contributed by atoms with van der Waals surface area (Å²) in [6.45, 7) is 0.0729. The van der Waals surface area contributed by atoms with Gasteiger partial charge in [0.2, 0.25) is 0 Å². The first-order valence-corrected chi connectivity index (χ1v) is 2.18. The van der Waals surface area contributed by atoms with Gasteiger partial charge in [-0.05, 0) is 0 Å². The van der Waals surface area contributed by atoms with Crippen LogP contribution in [0.1, 0.15) is 0 Å². The highest BCUT2D eigenvalue weighted by Crippen LogP contribution is 1.67. The van der Waals surface area contributed by atoms with Crippen molar-refractivity contribution in [3.8, 4) is 0 Å². The van der Waals surface area contributed by atoms with Crippen LogP contribution in [0.2, 0.25) is 0 Å². The van der Waals surface area contributed by atoms with E-state index in [1.807, 2.05) is 0 Å². The molecule has 0 saturated carbocycles. The van der Waals surface area contributed by atoms with Gasteiger partial charge in [0.1, 0.15) is 6.61 Å². The Labute approximate surface area is 47.6 Å². The average molecular weight is 121 g/mol. The summed E-state index contributed by atoms with van der Waals surface area (Å²) in [5.74, 6) is -0.231. The van der Waals surface area contributed by atoms with Gasteiger partial charge in [0.25, 0.3) is 5.91 Å². The van der Waals surface area contributed by atoms with Crippen LogP contribution in [0.3, 0.4) is 0 Å². The van der Waals surface area contributed by atoms with Crippen molar-refractivity contribution in [2.75, 3.05) is 13.7 Å². The zero-order chi connectivity index (χ0) is 5.70. The minimum Gasteiger partial charge on any atom is -0.375 e. The molecule has 1 amide bonds. The van der Waals surface area contributed by atoms with E-state index in [-0.39, 0.29) is 12.5 Å². The number of ether oxygens (including phenoxy) is 1. The zero-order valence-electron chi connectivity index (χ0n) is 3.97. The molecule has 42 valence electrons. The van der Waals surface area contributed by atoms with Crippen LogP contribution in [0.4, 0.5) is 0 Å². The fraction of sp³-hybridized carbons (Fsp3) is 0.667. The smallest absolute Gasteiger partial charge is 0.255 e. The van der Waals surface area contributed by atoms with E-state index in [1.54, 1.807) is 0 Å². The summed E-state index contributed by atoms with van der Waals surface area (Å²) in [6, 6.07) is 0. The number of hydrogen-bond donors (Lipinski definition) is 2. The first-order chi connectivity index (χ1) is 3.31. The standard InChI is InChI=1S/C3H7NO2S/c1-6-2-3(5)4-7/h7H,2H2,1H3,(H,4,5). The molecule has 0 aromatic rings. The summed E-state index contributed by atoms with van der Waals surface area (Å²) in [6.07, 6.45) is 0. The molecular formula is C3H7NO2S. The van der Waals surface area contributed by atoms with Crippen molar-refractivity contribution in [1.29, 1.82) is 0 Å². The summed E-state index contributed by atoms with van der Waals surface area (Å²) in [4.78, 5) is 10.1. The van der Waals surface area contributed by atoms with Crippen LogP contribution in [0.5, 0.6) is 0 Å². The zero-order valence-corrected chi connectivity index (χ0v) is 4.87. The van der Waals surface area contributed by atoms with E-state index in [4.69, 9.17) is 0 Å². The summed E-state index contributed by atoms with van der Waals surface area (Å²) >= 11 is 3.47. The Balaban J connectivity index is 3.00. The number of rotatable bonds is 2. The van der Waals surface area contributed by atoms with Crippen LogP contribution < -0.4 is 4.72 Å². The fourth-order valence-electron chi connectivity index (χ4n) is 0.163. The topological polar surface area (TPSA) is 38.3 Å². The van der Waals surface area contributed by atoms with Gasteiger partial charge in [-0.25, -0.2) is 0 Å². The van der Waals surface area contributed by atoms with Gasteiger partial charge in [0.15, 0.2) is 0 Å². The van der Waals surface area contributed by atoms with Gasteiger partial charge in [0.05, 0.1) is 0 Å². The van der Waals surface area contributed by atoms with Gasteiger partial charge >= 0.3 is 0 Å². The van der Waals surface area contributed by atoms with Gasteiger partial charge in [-0.15, -0.1) is 0 Å². The normalized spacial score (nSPS) is 8.29. The predicted octanol–water partition coefficient (Wildman–Crippen LogP) is -0.406. The molecule has 0 fully saturated rings. The third kappa shape index (κ3) is 3.61. The van der Waals surface area contributed by atoms with Crippen molar-refractivity contribution in [2.24, 2.45) is 0 Å². The van der Waals surface area contributed by atoms with Crippen molar-refractivity contribution in [2.45, 2.75) is 0 Å². The molecule has 0 aliphatic heterocycles. The summed E-state index contributed by atoms with van der Waals surface area (Å²) in [5.41, 5.74) is 0. The monoisotopic (exact) mass is 121 g/mol. The lowest BCUT2D eigenvalue weighted by Gasteiger charge is -1.91. The molecule has 4 heteroatoms. The molecule has 0 spiro atoms. The maximum atomic E-state index is 10.1. The maximum Gasteiger partial charge on any atom is 0.255 e. The van der Waals surface area contributed by atoms with E-state index in [1.165, 1.54) is 7.11 Å². The summed E-state index contributed by atoms with van der Waals surface area (Å²) < 4.78 is 6.53. The summed E-state index contributed by atoms with van der Waals surface area (Å²) in [7, 11) is 1.45. The van der Waals surface area contributed by atoms with Crippen LogP contribution in [0.15, 0.2) is 0 Å². The Morgan fingerprint density at radius 1 is 2.00 bits per heavy atom. The lowest BCUT2D eigenvalue weighted by atomic mass is 10.7. The number of nitrogens with one attached hydrogen (secondary N) is 1. The van der Waals surface area contributed by atoms with Gasteiger partial charge in [-0.2, -0.15) is 0 Å². The van der Waals surface area contributed by atoms with Gasteiger partial charge < -0.3 is 9.46 Å². The highest BCUT2D eigenvalue weighted by Gasteiger charge is 1.91. The molecule has 0 aliphatic carbocycles. The number of methoxy groups -OCH3 is 1. The molecule has 0 saturated heterocycles. The molecule has 3 nitrogen and oxygen atoms in total. The van der Waals surface area contributed by atoms with Crippen molar-refractivity contribution in [3.05, 3.63) is 0 Å². The number of hydrogen-bond acceptors (Lipinski definition) is 3. The third-order valence-electron chi connectivity index (χ3n) is 0.400. The Morgan fingerprint density at radius 2 is 2.57 bits per heavy atom. The third-order valence-corrected chi connectivity index (χ3v) is 0.650. The second-order valence-electron chi connectivity index (χ2n) is 0.968. The van der Waals surface area contributed by atoms with E-state index < -0.39 is 0 Å². The summed E-state index contributed by atoms with van der Waals surface area (Å²) in [5, 5.41) is 0. The van der Waals surface area contributed by atoms with Gasteiger partial charge in [-0.1, -0.05) is 12.8 Å². The number of amides is 1. The molecular weight excluding hydrogens is 114 g/mol. The van der Waals surface area contributed by atoms with Crippen molar-refractivity contribution >= 4 is 18.7 Å². The predicted molar refractivity (Wildman–Crippen MR) is 29.0 cm³/mol. The minimum atomic E-state index is -0.231. The lowest BCUT2D eigenvalue weighted by molar-refractivity contribution is -0.122. The molecule has 0 bridgehead atoms. The van der Waals surface area contributed by atoms with E-state index >= 15 is 0 Å². The van der Waals surface area contributed by atoms with E-state index in [9.17, 15) is 4.79 Å². The molecule has 0 atom stereocenters. The van der Waals surface area contributed by atoms with Crippen molar-refractivity contribution < 1.29 is 9.53 Å². The molecule has 0 unspecified atom stereocenters. The highest BCUT2D eigenvalue weighted by atomic mass is 32.1. The minimum absolute atomic E-state index is 0.0729. The van der Waals surface area contributed by atoms with Crippen LogP contribution in [0, 0.1) is 0 Å². The number of carbonyl (C=O) groups is 1. The van der Waals surface area contributed by atoms with Gasteiger partial charge in [-0.3, -0.25) is 4.79 Å². The second-order valence-corrected chi connectivity index (χ2v) is 1.19. The first kappa shape index (κ1) is 6.78. The van der Waals surface area contributed by atoms with Crippen LogP contribution in [-0.2, 0) is 9.53 Å². The maximum absolute atomic E-state index is 10.1. The molecule has 0 rings (SSSR count). The average Bonchev–Trinajstić information content (AvgIpc) is 1.68. The Bertz CT molecular complexity index is 66.0. The molecule has 0 aromatic heterocycles. The molecule has 0 heterocycles. The van der Waals surface area contributed by atoms with Crippen molar-refractivity contribution in [3.63, 3.8) is 0 Å². The first-order valence-electron chi connectivity index (χ1n) is 1.73. The lowest BCUT2D eigenvalue weighted by Crippen LogP contribution is -2.17. The quantitative estimate of drug-likeness (QED) is 0.488. The van der Waals surface area contributed by atoms with Crippen LogP contribution in [-0.4, -0.2) is 19.6 Å². The largest absolute Gasteiger partial charge is 0.375 e. The van der Waals surface area contributed by atoms with E-state index in [0.717, 1.165) is 0 Å². The van der Waals surface area contributed by atoms with E-state index in [0.29, 0.717) is 0 Å².